The lowest BCUT2D eigenvalue weighted by molar-refractivity contribution is 0.0996. The minimum atomic E-state index is 0.243. The van der Waals surface area contributed by atoms with Gasteiger partial charge in [0.1, 0.15) is 0 Å². The van der Waals surface area contributed by atoms with E-state index in [1.165, 1.54) is 0 Å². The van der Waals surface area contributed by atoms with E-state index in [1.54, 1.807) is 0 Å². The minimum Gasteiger partial charge on any atom is -0.397 e. The third-order valence-corrected chi connectivity index (χ3v) is 5.32. The van der Waals surface area contributed by atoms with Crippen LogP contribution in [0, 0.1) is 0 Å². The molecule has 2 aliphatic heterocycles. The predicted molar refractivity (Wildman–Crippen MR) is 84.8 cm³/mol. The number of nitrogen functional groups attached to an aromatic ring is 1. The van der Waals surface area contributed by atoms with E-state index in [9.17, 15) is 0 Å². The van der Waals surface area contributed by atoms with Crippen LogP contribution in [0.5, 0.6) is 0 Å². The highest BCUT2D eigenvalue weighted by molar-refractivity contribution is 9.11. The zero-order valence-electron chi connectivity index (χ0n) is 11.1. The van der Waals surface area contributed by atoms with Crippen molar-refractivity contribution in [3.8, 4) is 11.5 Å². The van der Waals surface area contributed by atoms with E-state index < -0.39 is 0 Å². The van der Waals surface area contributed by atoms with Crippen LogP contribution < -0.4 is 5.73 Å². The van der Waals surface area contributed by atoms with Crippen molar-refractivity contribution < 1.29 is 9.26 Å². The molecule has 2 aliphatic rings. The van der Waals surface area contributed by atoms with Crippen LogP contribution in [0.25, 0.3) is 11.5 Å². The van der Waals surface area contributed by atoms with Gasteiger partial charge < -0.3 is 15.0 Å². The normalized spacial score (nSPS) is 27.4. The number of halogens is 2. The predicted octanol–water partition coefficient (Wildman–Crippen LogP) is 3.88. The molecule has 1 aromatic carbocycles. The quantitative estimate of drug-likeness (QED) is 0.754. The fraction of sp³-hybridized carbons (Fsp3) is 0.429. The first-order chi connectivity index (χ1) is 10.1. The van der Waals surface area contributed by atoms with Gasteiger partial charge in [-0.1, -0.05) is 21.1 Å². The summed E-state index contributed by atoms with van der Waals surface area (Å²) in [6, 6.07) is 3.77. The standard InChI is InChI=1S/C14H13Br2N3O2/c15-6-3-9(12(17)10(16)4-6)14-18-13(19-21-14)8-5-7-1-2-11(8)20-7/h3-4,7-8,11H,1-2,5,17H2. The molecule has 2 saturated heterocycles. The number of nitrogens with zero attached hydrogens (tertiary/aromatic N) is 2. The number of aromatic nitrogens is 2. The van der Waals surface area contributed by atoms with Gasteiger partial charge in [0.05, 0.1) is 29.4 Å². The molecule has 4 rings (SSSR count). The number of fused-ring (bicyclic) bond motifs is 2. The molecule has 2 bridgehead atoms. The topological polar surface area (TPSA) is 74.2 Å². The fourth-order valence-corrected chi connectivity index (χ4v) is 4.39. The average Bonchev–Trinajstić information content (AvgIpc) is 3.17. The third kappa shape index (κ3) is 2.31. The second-order valence-corrected chi connectivity index (χ2v) is 7.29. The van der Waals surface area contributed by atoms with Crippen molar-refractivity contribution in [2.75, 3.05) is 5.73 Å². The van der Waals surface area contributed by atoms with Crippen molar-refractivity contribution in [1.82, 2.24) is 10.1 Å². The molecular weight excluding hydrogens is 402 g/mol. The molecule has 3 unspecified atom stereocenters. The number of hydrogen-bond acceptors (Lipinski definition) is 5. The van der Waals surface area contributed by atoms with Gasteiger partial charge in [-0.05, 0) is 47.3 Å². The molecule has 21 heavy (non-hydrogen) atoms. The van der Waals surface area contributed by atoms with Gasteiger partial charge in [-0.25, -0.2) is 0 Å². The highest BCUT2D eigenvalue weighted by Gasteiger charge is 2.43. The highest BCUT2D eigenvalue weighted by atomic mass is 79.9. The lowest BCUT2D eigenvalue weighted by atomic mass is 9.89. The number of nitrogens with two attached hydrogens (primary N) is 1. The number of benzene rings is 1. The summed E-state index contributed by atoms with van der Waals surface area (Å²) >= 11 is 6.88. The zero-order chi connectivity index (χ0) is 14.6. The smallest absolute Gasteiger partial charge is 0.260 e. The van der Waals surface area contributed by atoms with Crippen LogP contribution in [0.1, 0.15) is 31.0 Å². The minimum absolute atomic E-state index is 0.243. The molecule has 0 spiro atoms. The SMILES string of the molecule is Nc1c(Br)cc(Br)cc1-c1nc(C2CC3CCC2O3)no1. The second-order valence-electron chi connectivity index (χ2n) is 5.52. The van der Waals surface area contributed by atoms with Crippen molar-refractivity contribution in [2.45, 2.75) is 37.4 Å². The van der Waals surface area contributed by atoms with Crippen molar-refractivity contribution in [3.63, 3.8) is 0 Å². The Morgan fingerprint density at radius 3 is 2.81 bits per heavy atom. The van der Waals surface area contributed by atoms with E-state index >= 15 is 0 Å². The first-order valence-electron chi connectivity index (χ1n) is 6.86. The summed E-state index contributed by atoms with van der Waals surface area (Å²) in [5.41, 5.74) is 7.42. The largest absolute Gasteiger partial charge is 0.397 e. The molecule has 0 amide bonds. The van der Waals surface area contributed by atoms with Crippen molar-refractivity contribution >= 4 is 37.5 Å². The van der Waals surface area contributed by atoms with Crippen molar-refractivity contribution in [1.29, 1.82) is 0 Å². The molecule has 7 heteroatoms. The van der Waals surface area contributed by atoms with Gasteiger partial charge in [0.15, 0.2) is 5.82 Å². The fourth-order valence-electron chi connectivity index (χ4n) is 3.17. The molecule has 0 saturated carbocycles. The Morgan fingerprint density at radius 1 is 1.24 bits per heavy atom. The molecule has 2 fully saturated rings. The van der Waals surface area contributed by atoms with Crippen LogP contribution in [-0.4, -0.2) is 22.3 Å². The van der Waals surface area contributed by atoms with Crippen LogP contribution >= 0.6 is 31.9 Å². The number of rotatable bonds is 2. The molecule has 0 aliphatic carbocycles. The van der Waals surface area contributed by atoms with Crippen molar-refractivity contribution in [3.05, 3.63) is 26.9 Å². The van der Waals surface area contributed by atoms with Crippen LogP contribution in [0.15, 0.2) is 25.6 Å². The maximum Gasteiger partial charge on any atom is 0.260 e. The summed E-state index contributed by atoms with van der Waals surface area (Å²) in [5.74, 6) is 1.43. The van der Waals surface area contributed by atoms with Gasteiger partial charge in [-0.15, -0.1) is 0 Å². The number of anilines is 1. The number of ether oxygens (including phenoxy) is 1. The molecule has 1 aromatic heterocycles. The van der Waals surface area contributed by atoms with E-state index in [0.29, 0.717) is 17.7 Å². The van der Waals surface area contributed by atoms with E-state index in [1.807, 2.05) is 12.1 Å². The van der Waals surface area contributed by atoms with Crippen LogP contribution in [0.2, 0.25) is 0 Å². The monoisotopic (exact) mass is 413 g/mol. The maximum atomic E-state index is 6.09. The van der Waals surface area contributed by atoms with E-state index in [-0.39, 0.29) is 12.0 Å². The molecule has 2 aromatic rings. The Morgan fingerprint density at radius 2 is 2.10 bits per heavy atom. The summed E-state index contributed by atoms with van der Waals surface area (Å²) in [5, 5.41) is 4.14. The van der Waals surface area contributed by atoms with Gasteiger partial charge >= 0.3 is 0 Å². The average molecular weight is 415 g/mol. The summed E-state index contributed by atoms with van der Waals surface area (Å²) < 4.78 is 13.0. The number of hydrogen-bond donors (Lipinski definition) is 1. The Balaban J connectivity index is 1.69. The second kappa shape index (κ2) is 5.07. The van der Waals surface area contributed by atoms with Gasteiger partial charge in [-0.3, -0.25) is 0 Å². The summed E-state index contributed by atoms with van der Waals surface area (Å²) in [6.45, 7) is 0. The van der Waals surface area contributed by atoms with E-state index in [0.717, 1.165) is 39.6 Å². The summed E-state index contributed by atoms with van der Waals surface area (Å²) in [6.07, 6.45) is 3.83. The Kier molecular flexibility index (Phi) is 3.31. The molecule has 110 valence electrons. The van der Waals surface area contributed by atoms with Crippen LogP contribution in [0.4, 0.5) is 5.69 Å². The van der Waals surface area contributed by atoms with Gasteiger partial charge in [0, 0.05) is 8.95 Å². The molecule has 3 heterocycles. The molecule has 2 N–H and O–H groups in total. The highest BCUT2D eigenvalue weighted by Crippen LogP contribution is 2.44. The van der Waals surface area contributed by atoms with E-state index in [2.05, 4.69) is 42.0 Å². The van der Waals surface area contributed by atoms with E-state index in [4.69, 9.17) is 15.0 Å². The van der Waals surface area contributed by atoms with Crippen LogP contribution in [-0.2, 0) is 4.74 Å². The Labute approximate surface area is 138 Å². The third-order valence-electron chi connectivity index (χ3n) is 4.20. The van der Waals surface area contributed by atoms with Crippen molar-refractivity contribution in [2.24, 2.45) is 0 Å². The first-order valence-corrected chi connectivity index (χ1v) is 8.44. The van der Waals surface area contributed by atoms with Crippen LogP contribution in [0.3, 0.4) is 0 Å². The Hall–Kier alpha value is -0.920. The Bertz CT molecular complexity index is 704. The molecule has 0 radical (unpaired) electrons. The zero-order valence-corrected chi connectivity index (χ0v) is 14.2. The van der Waals surface area contributed by atoms with Gasteiger partial charge in [0.25, 0.3) is 5.89 Å². The van der Waals surface area contributed by atoms with Gasteiger partial charge in [0.2, 0.25) is 0 Å². The first kappa shape index (κ1) is 13.7. The lowest BCUT2D eigenvalue weighted by Gasteiger charge is -2.13. The molecule has 3 atom stereocenters. The molecular formula is C14H13Br2N3O2. The lowest BCUT2D eigenvalue weighted by Crippen LogP contribution is -2.15. The summed E-state index contributed by atoms with van der Waals surface area (Å²) in [4.78, 5) is 4.54. The summed E-state index contributed by atoms with van der Waals surface area (Å²) in [7, 11) is 0. The van der Waals surface area contributed by atoms with Gasteiger partial charge in [-0.2, -0.15) is 4.98 Å². The maximum absolute atomic E-state index is 6.09. The molecule has 5 nitrogen and oxygen atoms in total.